The molecule has 0 unspecified atom stereocenters. The van der Waals surface area contributed by atoms with Crippen molar-refractivity contribution in [2.24, 2.45) is 0 Å². The predicted octanol–water partition coefficient (Wildman–Crippen LogP) is 3.67. The maximum Gasteiger partial charge on any atom is 0.232 e. The summed E-state index contributed by atoms with van der Waals surface area (Å²) < 4.78 is 5.44. The van der Waals surface area contributed by atoms with Crippen LogP contribution in [0.2, 0.25) is 0 Å². The van der Waals surface area contributed by atoms with Gasteiger partial charge in [-0.2, -0.15) is 0 Å². The number of carbonyl (C=O) groups excluding carboxylic acids is 1. The minimum atomic E-state index is -0.0992. The molecule has 21 heavy (non-hydrogen) atoms. The van der Waals surface area contributed by atoms with E-state index < -0.39 is 0 Å². The first-order valence-corrected chi connectivity index (χ1v) is 7.31. The number of hydrogen-bond donors (Lipinski definition) is 1. The van der Waals surface area contributed by atoms with Gasteiger partial charge in [-0.1, -0.05) is 30.3 Å². The first kappa shape index (κ1) is 13.7. The van der Waals surface area contributed by atoms with Crippen LogP contribution in [0.15, 0.2) is 42.5 Å². The molecular formula is C18H19NO2. The lowest BCUT2D eigenvalue weighted by Gasteiger charge is -2.10. The average Bonchev–Trinajstić information content (AvgIpc) is 2.80. The molecule has 3 nitrogen and oxygen atoms in total. The Hall–Kier alpha value is -2.29. The van der Waals surface area contributed by atoms with Crippen LogP contribution in [0, 0.1) is 6.92 Å². The first-order valence-electron chi connectivity index (χ1n) is 7.31. The lowest BCUT2D eigenvalue weighted by Crippen LogP contribution is -2.14. The number of hydrogen-bond acceptors (Lipinski definition) is 2. The summed E-state index contributed by atoms with van der Waals surface area (Å²) in [5.41, 5.74) is 4.36. The molecule has 1 heterocycles. The standard InChI is InChI=1S/C18H19NO2/c1-3-21-14-9-7-13(8-10-14)11-16-15-6-4-5-12(2)17(15)19-18(16)20/h4-10,16H,3,11H2,1-2H3,(H,19,20)/t16-/m0/s1. The fourth-order valence-corrected chi connectivity index (χ4v) is 2.83. The van der Waals surface area contributed by atoms with Crippen LogP contribution < -0.4 is 10.1 Å². The lowest BCUT2D eigenvalue weighted by molar-refractivity contribution is -0.117. The van der Waals surface area contributed by atoms with E-state index in [-0.39, 0.29) is 11.8 Å². The number of rotatable bonds is 4. The summed E-state index contributed by atoms with van der Waals surface area (Å²) in [5.74, 6) is 0.861. The van der Waals surface area contributed by atoms with Gasteiger partial charge in [0, 0.05) is 5.69 Å². The average molecular weight is 281 g/mol. The molecule has 1 atom stereocenters. The molecule has 1 N–H and O–H groups in total. The Morgan fingerprint density at radius 2 is 1.90 bits per heavy atom. The number of nitrogens with one attached hydrogen (secondary N) is 1. The minimum absolute atomic E-state index is 0.0909. The van der Waals surface area contributed by atoms with E-state index >= 15 is 0 Å². The molecule has 1 amide bonds. The van der Waals surface area contributed by atoms with Gasteiger partial charge in [-0.05, 0) is 49.1 Å². The Morgan fingerprint density at radius 3 is 2.62 bits per heavy atom. The number of carbonyl (C=O) groups is 1. The molecule has 0 radical (unpaired) electrons. The van der Waals surface area contributed by atoms with Crippen molar-refractivity contribution < 1.29 is 9.53 Å². The third-order valence-electron chi connectivity index (χ3n) is 3.92. The second-order valence-corrected chi connectivity index (χ2v) is 5.36. The Balaban J connectivity index is 1.82. The van der Waals surface area contributed by atoms with Gasteiger partial charge >= 0.3 is 0 Å². The molecule has 1 aliphatic rings. The van der Waals surface area contributed by atoms with Gasteiger partial charge in [0.1, 0.15) is 5.75 Å². The highest BCUT2D eigenvalue weighted by Gasteiger charge is 2.31. The Kier molecular flexibility index (Phi) is 3.65. The molecule has 0 bridgehead atoms. The summed E-state index contributed by atoms with van der Waals surface area (Å²) in [4.78, 5) is 12.2. The van der Waals surface area contributed by atoms with E-state index in [4.69, 9.17) is 4.74 Å². The third-order valence-corrected chi connectivity index (χ3v) is 3.92. The lowest BCUT2D eigenvalue weighted by atomic mass is 9.92. The molecule has 0 saturated heterocycles. The van der Waals surface area contributed by atoms with Gasteiger partial charge in [-0.3, -0.25) is 4.79 Å². The molecule has 0 aliphatic carbocycles. The smallest absolute Gasteiger partial charge is 0.232 e. The van der Waals surface area contributed by atoms with Crippen LogP contribution in [-0.4, -0.2) is 12.5 Å². The van der Waals surface area contributed by atoms with Crippen LogP contribution in [0.5, 0.6) is 5.75 Å². The highest BCUT2D eigenvalue weighted by Crippen LogP contribution is 2.36. The van der Waals surface area contributed by atoms with E-state index in [1.165, 1.54) is 0 Å². The van der Waals surface area contributed by atoms with E-state index in [0.717, 1.165) is 28.1 Å². The molecule has 2 aromatic rings. The zero-order valence-electron chi connectivity index (χ0n) is 12.3. The highest BCUT2D eigenvalue weighted by molar-refractivity contribution is 6.03. The van der Waals surface area contributed by atoms with Crippen LogP contribution in [0.25, 0.3) is 0 Å². The topological polar surface area (TPSA) is 38.3 Å². The molecule has 108 valence electrons. The third kappa shape index (κ3) is 2.64. The molecular weight excluding hydrogens is 262 g/mol. The first-order chi connectivity index (χ1) is 10.2. The predicted molar refractivity (Wildman–Crippen MR) is 83.9 cm³/mol. The van der Waals surface area contributed by atoms with Gasteiger partial charge < -0.3 is 10.1 Å². The van der Waals surface area contributed by atoms with Crippen molar-refractivity contribution in [3.05, 3.63) is 59.2 Å². The van der Waals surface area contributed by atoms with E-state index in [1.54, 1.807) is 0 Å². The number of anilines is 1. The monoisotopic (exact) mass is 281 g/mol. The summed E-state index contributed by atoms with van der Waals surface area (Å²) in [6.07, 6.45) is 0.717. The summed E-state index contributed by atoms with van der Waals surface area (Å²) in [5, 5.41) is 3.00. The van der Waals surface area contributed by atoms with E-state index in [0.29, 0.717) is 13.0 Å². The van der Waals surface area contributed by atoms with Crippen LogP contribution in [-0.2, 0) is 11.2 Å². The van der Waals surface area contributed by atoms with Gasteiger partial charge in [-0.15, -0.1) is 0 Å². The van der Waals surface area contributed by atoms with Gasteiger partial charge in [0.25, 0.3) is 0 Å². The molecule has 2 aromatic carbocycles. The van der Waals surface area contributed by atoms with Crippen molar-refractivity contribution in [1.82, 2.24) is 0 Å². The summed E-state index contributed by atoms with van der Waals surface area (Å²) in [7, 11) is 0. The second-order valence-electron chi connectivity index (χ2n) is 5.36. The molecule has 0 spiro atoms. The molecule has 0 saturated carbocycles. The zero-order chi connectivity index (χ0) is 14.8. The van der Waals surface area contributed by atoms with Gasteiger partial charge in [0.2, 0.25) is 5.91 Å². The number of aryl methyl sites for hydroxylation is 1. The number of para-hydroxylation sites is 1. The minimum Gasteiger partial charge on any atom is -0.494 e. The number of benzene rings is 2. The molecule has 0 aromatic heterocycles. The molecule has 3 rings (SSSR count). The van der Waals surface area contributed by atoms with Gasteiger partial charge in [-0.25, -0.2) is 0 Å². The number of amides is 1. The highest BCUT2D eigenvalue weighted by atomic mass is 16.5. The maximum absolute atomic E-state index is 12.2. The maximum atomic E-state index is 12.2. The zero-order valence-corrected chi connectivity index (χ0v) is 12.3. The van der Waals surface area contributed by atoms with Crippen LogP contribution in [0.3, 0.4) is 0 Å². The van der Waals surface area contributed by atoms with E-state index in [2.05, 4.69) is 5.32 Å². The molecule has 3 heteroatoms. The Labute approximate surface area is 124 Å². The van der Waals surface area contributed by atoms with Gasteiger partial charge in [0.05, 0.1) is 12.5 Å². The number of fused-ring (bicyclic) bond motifs is 1. The number of ether oxygens (including phenoxy) is 1. The van der Waals surface area contributed by atoms with Crippen LogP contribution in [0.1, 0.15) is 29.5 Å². The molecule has 0 fully saturated rings. The summed E-state index contributed by atoms with van der Waals surface area (Å²) >= 11 is 0. The van der Waals surface area contributed by atoms with Gasteiger partial charge in [0.15, 0.2) is 0 Å². The second kappa shape index (κ2) is 5.60. The normalized spacial score (nSPS) is 16.5. The summed E-state index contributed by atoms with van der Waals surface area (Å²) in [6.45, 7) is 4.66. The van der Waals surface area contributed by atoms with Crippen molar-refractivity contribution in [3.8, 4) is 5.75 Å². The largest absolute Gasteiger partial charge is 0.494 e. The fraction of sp³-hybridized carbons (Fsp3) is 0.278. The van der Waals surface area contributed by atoms with Crippen molar-refractivity contribution in [3.63, 3.8) is 0 Å². The Morgan fingerprint density at radius 1 is 1.14 bits per heavy atom. The van der Waals surface area contributed by atoms with Crippen molar-refractivity contribution in [2.75, 3.05) is 11.9 Å². The molecule has 1 aliphatic heterocycles. The van der Waals surface area contributed by atoms with Crippen LogP contribution in [0.4, 0.5) is 5.69 Å². The SMILES string of the molecule is CCOc1ccc(C[C@@H]2C(=O)Nc3c(C)cccc32)cc1. The summed E-state index contributed by atoms with van der Waals surface area (Å²) in [6, 6.07) is 14.1. The van der Waals surface area contributed by atoms with Crippen molar-refractivity contribution in [2.45, 2.75) is 26.2 Å². The van der Waals surface area contributed by atoms with E-state index in [1.807, 2.05) is 56.3 Å². The van der Waals surface area contributed by atoms with Crippen LogP contribution >= 0.6 is 0 Å². The fourth-order valence-electron chi connectivity index (χ4n) is 2.83. The van der Waals surface area contributed by atoms with E-state index in [9.17, 15) is 4.79 Å². The van der Waals surface area contributed by atoms with Crippen molar-refractivity contribution >= 4 is 11.6 Å². The van der Waals surface area contributed by atoms with Crippen molar-refractivity contribution in [1.29, 1.82) is 0 Å². The Bertz CT molecular complexity index is 661. The quantitative estimate of drug-likeness (QED) is 0.928.